The van der Waals surface area contributed by atoms with Gasteiger partial charge in [-0.2, -0.15) is 0 Å². The Morgan fingerprint density at radius 3 is 2.57 bits per heavy atom. The molecule has 1 heterocycles. The summed E-state index contributed by atoms with van der Waals surface area (Å²) in [6.45, 7) is 0.661. The number of fused-ring (bicyclic) bond motifs is 1. The highest BCUT2D eigenvalue weighted by Gasteiger charge is 2.13. The van der Waals surface area contributed by atoms with Gasteiger partial charge in [-0.25, -0.2) is 4.79 Å². The summed E-state index contributed by atoms with van der Waals surface area (Å²) in [5.41, 5.74) is 2.78. The molecular weight excluding hydrogens is 294 g/mol. The molecule has 0 spiro atoms. The minimum absolute atomic E-state index is 0.246. The largest absolute Gasteiger partial charge is 0.454 e. The summed E-state index contributed by atoms with van der Waals surface area (Å²) in [7, 11) is 3.95. The summed E-state index contributed by atoms with van der Waals surface area (Å²) in [5, 5.41) is 5.63. The number of carbonyl (C=O) groups is 1. The second kappa shape index (κ2) is 6.48. The van der Waals surface area contributed by atoms with Crippen molar-refractivity contribution in [2.75, 3.05) is 31.1 Å². The Balaban J connectivity index is 1.53. The number of anilines is 2. The van der Waals surface area contributed by atoms with Crippen LogP contribution in [0.15, 0.2) is 42.5 Å². The van der Waals surface area contributed by atoms with E-state index in [0.29, 0.717) is 12.3 Å². The molecule has 3 rings (SSSR count). The highest BCUT2D eigenvalue weighted by molar-refractivity contribution is 5.89. The van der Waals surface area contributed by atoms with E-state index in [2.05, 4.69) is 10.6 Å². The quantitative estimate of drug-likeness (QED) is 0.911. The van der Waals surface area contributed by atoms with Crippen LogP contribution in [0.25, 0.3) is 0 Å². The van der Waals surface area contributed by atoms with Crippen LogP contribution in [0.4, 0.5) is 16.2 Å². The first-order valence-corrected chi connectivity index (χ1v) is 7.32. The maximum atomic E-state index is 11.9. The molecule has 2 amide bonds. The lowest BCUT2D eigenvalue weighted by Crippen LogP contribution is -2.28. The molecule has 0 saturated carbocycles. The molecule has 0 unspecified atom stereocenters. The van der Waals surface area contributed by atoms with Crippen molar-refractivity contribution in [1.29, 1.82) is 0 Å². The predicted octanol–water partition coefficient (Wildman–Crippen LogP) is 2.80. The van der Waals surface area contributed by atoms with Crippen LogP contribution in [0.2, 0.25) is 0 Å². The summed E-state index contributed by atoms with van der Waals surface area (Å²) in [6, 6.07) is 13.0. The molecule has 6 heteroatoms. The summed E-state index contributed by atoms with van der Waals surface area (Å²) < 4.78 is 10.6. The van der Waals surface area contributed by atoms with Gasteiger partial charge in [-0.05, 0) is 42.0 Å². The number of nitrogens with one attached hydrogen (secondary N) is 2. The van der Waals surface area contributed by atoms with Crippen LogP contribution in [0.5, 0.6) is 11.5 Å². The lowest BCUT2D eigenvalue weighted by Gasteiger charge is -2.13. The molecule has 0 saturated heterocycles. The van der Waals surface area contributed by atoms with Crippen molar-refractivity contribution < 1.29 is 14.3 Å². The Bertz CT molecular complexity index is 699. The third-order valence-electron chi connectivity index (χ3n) is 3.53. The van der Waals surface area contributed by atoms with Gasteiger partial charge in [0, 0.05) is 32.0 Å². The molecule has 0 aliphatic carbocycles. The number of carbonyl (C=O) groups excluding carboxylic acids is 1. The van der Waals surface area contributed by atoms with Crippen LogP contribution in [0.3, 0.4) is 0 Å². The van der Waals surface area contributed by atoms with Gasteiger partial charge in [-0.15, -0.1) is 0 Å². The molecule has 6 nitrogen and oxygen atoms in total. The average Bonchev–Trinajstić information content (AvgIpc) is 3.01. The summed E-state index contributed by atoms with van der Waals surface area (Å²) in [5.74, 6) is 1.45. The fourth-order valence-electron chi connectivity index (χ4n) is 2.25. The molecular formula is C17H19N3O3. The van der Waals surface area contributed by atoms with Crippen molar-refractivity contribution in [3.05, 3.63) is 48.0 Å². The molecule has 1 aliphatic heterocycles. The maximum Gasteiger partial charge on any atom is 0.319 e. The number of ether oxygens (including phenoxy) is 2. The Labute approximate surface area is 135 Å². The zero-order chi connectivity index (χ0) is 16.2. The van der Waals surface area contributed by atoms with Crippen LogP contribution in [-0.4, -0.2) is 26.9 Å². The zero-order valence-corrected chi connectivity index (χ0v) is 13.1. The molecule has 0 fully saturated rings. The van der Waals surface area contributed by atoms with Crippen LogP contribution in [0.1, 0.15) is 5.56 Å². The van der Waals surface area contributed by atoms with Crippen molar-refractivity contribution in [2.45, 2.75) is 6.54 Å². The summed E-state index contributed by atoms with van der Waals surface area (Å²) >= 11 is 0. The number of nitrogens with zero attached hydrogens (tertiary/aromatic N) is 1. The molecule has 120 valence electrons. The molecule has 23 heavy (non-hydrogen) atoms. The third-order valence-corrected chi connectivity index (χ3v) is 3.53. The normalized spacial score (nSPS) is 11.9. The second-order valence-corrected chi connectivity index (χ2v) is 5.44. The monoisotopic (exact) mass is 313 g/mol. The molecule has 2 aromatic carbocycles. The molecule has 0 aromatic heterocycles. The average molecular weight is 313 g/mol. The number of hydrogen-bond acceptors (Lipinski definition) is 4. The second-order valence-electron chi connectivity index (χ2n) is 5.44. The molecule has 0 atom stereocenters. The van der Waals surface area contributed by atoms with Gasteiger partial charge in [0.2, 0.25) is 6.79 Å². The Kier molecular flexibility index (Phi) is 4.23. The van der Waals surface area contributed by atoms with Gasteiger partial charge in [0.05, 0.1) is 0 Å². The molecule has 2 aromatic rings. The number of amides is 2. The van der Waals surface area contributed by atoms with E-state index in [0.717, 1.165) is 22.7 Å². The SMILES string of the molecule is CN(C)c1ccc(NC(=O)NCc2ccc3c(c2)OCO3)cc1. The minimum Gasteiger partial charge on any atom is -0.454 e. The fraction of sp³-hybridized carbons (Fsp3) is 0.235. The van der Waals surface area contributed by atoms with E-state index in [4.69, 9.17) is 9.47 Å². The Hall–Kier alpha value is -2.89. The zero-order valence-electron chi connectivity index (χ0n) is 13.1. The van der Waals surface area contributed by atoms with Crippen LogP contribution < -0.4 is 25.0 Å². The Morgan fingerprint density at radius 2 is 1.83 bits per heavy atom. The van der Waals surface area contributed by atoms with Crippen molar-refractivity contribution in [3.63, 3.8) is 0 Å². The van der Waals surface area contributed by atoms with Crippen LogP contribution in [-0.2, 0) is 6.54 Å². The summed E-state index contributed by atoms with van der Waals surface area (Å²) in [4.78, 5) is 14.0. The van der Waals surface area contributed by atoms with Gasteiger partial charge in [0.15, 0.2) is 11.5 Å². The number of benzene rings is 2. The van der Waals surface area contributed by atoms with E-state index in [1.807, 2.05) is 61.5 Å². The van der Waals surface area contributed by atoms with Crippen molar-refractivity contribution in [3.8, 4) is 11.5 Å². The predicted molar refractivity (Wildman–Crippen MR) is 89.2 cm³/mol. The standard InChI is InChI=1S/C17H19N3O3/c1-20(2)14-6-4-13(5-7-14)19-17(21)18-10-12-3-8-15-16(9-12)23-11-22-15/h3-9H,10-11H2,1-2H3,(H2,18,19,21). The first kappa shape index (κ1) is 15.0. The van der Waals surface area contributed by atoms with E-state index in [9.17, 15) is 4.79 Å². The smallest absolute Gasteiger partial charge is 0.319 e. The van der Waals surface area contributed by atoms with E-state index in [1.54, 1.807) is 0 Å². The first-order valence-electron chi connectivity index (χ1n) is 7.32. The Morgan fingerprint density at radius 1 is 1.09 bits per heavy atom. The topological polar surface area (TPSA) is 62.8 Å². The lowest BCUT2D eigenvalue weighted by molar-refractivity contribution is 0.174. The first-order chi connectivity index (χ1) is 11.1. The van der Waals surface area contributed by atoms with Crippen LogP contribution in [0, 0.1) is 0 Å². The van der Waals surface area contributed by atoms with E-state index in [1.165, 1.54) is 0 Å². The molecule has 0 radical (unpaired) electrons. The summed E-state index contributed by atoms with van der Waals surface area (Å²) in [6.07, 6.45) is 0. The fourth-order valence-corrected chi connectivity index (χ4v) is 2.25. The number of urea groups is 1. The van der Waals surface area contributed by atoms with Crippen molar-refractivity contribution in [2.24, 2.45) is 0 Å². The van der Waals surface area contributed by atoms with E-state index < -0.39 is 0 Å². The van der Waals surface area contributed by atoms with Gasteiger partial charge in [0.1, 0.15) is 0 Å². The molecule has 0 bridgehead atoms. The van der Waals surface area contributed by atoms with Gasteiger partial charge in [-0.1, -0.05) is 6.07 Å². The van der Waals surface area contributed by atoms with Gasteiger partial charge in [0.25, 0.3) is 0 Å². The molecule has 2 N–H and O–H groups in total. The van der Waals surface area contributed by atoms with Crippen molar-refractivity contribution in [1.82, 2.24) is 5.32 Å². The van der Waals surface area contributed by atoms with Gasteiger partial charge >= 0.3 is 6.03 Å². The van der Waals surface area contributed by atoms with Gasteiger partial charge < -0.3 is 25.0 Å². The van der Waals surface area contributed by atoms with Crippen molar-refractivity contribution >= 4 is 17.4 Å². The number of hydrogen-bond donors (Lipinski definition) is 2. The maximum absolute atomic E-state index is 11.9. The van der Waals surface area contributed by atoms with Crippen LogP contribution >= 0.6 is 0 Å². The highest BCUT2D eigenvalue weighted by Crippen LogP contribution is 2.32. The number of rotatable bonds is 4. The highest BCUT2D eigenvalue weighted by atomic mass is 16.7. The molecule has 1 aliphatic rings. The van der Waals surface area contributed by atoms with E-state index >= 15 is 0 Å². The lowest BCUT2D eigenvalue weighted by atomic mass is 10.2. The third kappa shape index (κ3) is 3.66. The minimum atomic E-state index is -0.250. The van der Waals surface area contributed by atoms with E-state index in [-0.39, 0.29) is 12.8 Å². The van der Waals surface area contributed by atoms with Gasteiger partial charge in [-0.3, -0.25) is 0 Å².